The summed E-state index contributed by atoms with van der Waals surface area (Å²) in [5.41, 5.74) is 3.17. The van der Waals surface area contributed by atoms with E-state index in [1.807, 2.05) is 29.8 Å². The molecule has 0 aromatic carbocycles. The molecule has 6 heteroatoms. The number of rotatable bonds is 7. The number of ether oxygens (including phenoxy) is 1. The maximum atomic E-state index is 12.1. The predicted molar refractivity (Wildman–Crippen MR) is 87.1 cm³/mol. The fourth-order valence-electron chi connectivity index (χ4n) is 2.10. The van der Waals surface area contributed by atoms with E-state index in [1.165, 1.54) is 7.11 Å². The van der Waals surface area contributed by atoms with Crippen molar-refractivity contribution in [1.29, 1.82) is 0 Å². The van der Waals surface area contributed by atoms with Gasteiger partial charge in [-0.3, -0.25) is 9.78 Å². The molecule has 2 heterocycles. The van der Waals surface area contributed by atoms with Crippen molar-refractivity contribution >= 4 is 17.2 Å². The lowest BCUT2D eigenvalue weighted by Gasteiger charge is -2.11. The highest BCUT2D eigenvalue weighted by Gasteiger charge is 2.12. The third kappa shape index (κ3) is 4.37. The molecule has 2 rings (SSSR count). The molecule has 1 unspecified atom stereocenters. The zero-order valence-corrected chi connectivity index (χ0v) is 13.5. The summed E-state index contributed by atoms with van der Waals surface area (Å²) in [4.78, 5) is 16.6. The molecule has 0 saturated heterocycles. The fraction of sp³-hybridized carbons (Fsp3) is 0.375. The van der Waals surface area contributed by atoms with Crippen LogP contribution in [0.3, 0.4) is 0 Å². The molecule has 5 nitrogen and oxygen atoms in total. The van der Waals surface area contributed by atoms with Gasteiger partial charge in [-0.25, -0.2) is 0 Å². The Labute approximate surface area is 134 Å². The van der Waals surface area contributed by atoms with Gasteiger partial charge in [0.2, 0.25) is 0 Å². The number of nitrogens with one attached hydrogen (secondary N) is 1. The van der Waals surface area contributed by atoms with Crippen molar-refractivity contribution < 1.29 is 14.6 Å². The highest BCUT2D eigenvalue weighted by molar-refractivity contribution is 7.08. The zero-order chi connectivity index (χ0) is 15.9. The average Bonchev–Trinajstić information content (AvgIpc) is 3.01. The number of amides is 1. The minimum atomic E-state index is -0.564. The molecule has 22 heavy (non-hydrogen) atoms. The number of hydrogen-bond acceptors (Lipinski definition) is 5. The van der Waals surface area contributed by atoms with Gasteiger partial charge in [0.25, 0.3) is 5.91 Å². The van der Waals surface area contributed by atoms with E-state index in [0.29, 0.717) is 24.2 Å². The van der Waals surface area contributed by atoms with Crippen molar-refractivity contribution in [2.75, 3.05) is 20.3 Å². The number of hydrogen-bond donors (Lipinski definition) is 2. The molecule has 1 atom stereocenters. The van der Waals surface area contributed by atoms with E-state index in [-0.39, 0.29) is 12.5 Å². The summed E-state index contributed by atoms with van der Waals surface area (Å²) in [6, 6.07) is 5.64. The molecule has 2 aromatic heterocycles. The smallest absolute Gasteiger partial charge is 0.253 e. The first-order chi connectivity index (χ1) is 10.6. The number of carbonyl (C=O) groups is 1. The summed E-state index contributed by atoms with van der Waals surface area (Å²) < 4.78 is 4.84. The molecule has 0 bridgehead atoms. The number of thiophene rings is 1. The minimum absolute atomic E-state index is 0.175. The lowest BCUT2D eigenvalue weighted by Crippen LogP contribution is -2.29. The van der Waals surface area contributed by atoms with Gasteiger partial charge in [0, 0.05) is 24.6 Å². The monoisotopic (exact) mass is 320 g/mol. The number of carbonyl (C=O) groups excluding carboxylic acids is 1. The van der Waals surface area contributed by atoms with Gasteiger partial charge in [0.15, 0.2) is 0 Å². The Bertz CT molecular complexity index is 614. The van der Waals surface area contributed by atoms with Gasteiger partial charge in [-0.1, -0.05) is 0 Å². The van der Waals surface area contributed by atoms with Gasteiger partial charge in [0.05, 0.1) is 29.7 Å². The quantitative estimate of drug-likeness (QED) is 0.821. The van der Waals surface area contributed by atoms with E-state index in [2.05, 4.69) is 10.3 Å². The molecule has 2 N–H and O–H groups in total. The Morgan fingerprint density at radius 3 is 2.91 bits per heavy atom. The largest absolute Gasteiger partial charge is 0.391 e. The first-order valence-corrected chi connectivity index (χ1v) is 8.01. The third-order valence-electron chi connectivity index (χ3n) is 3.27. The lowest BCUT2D eigenvalue weighted by molar-refractivity contribution is 0.0587. The lowest BCUT2D eigenvalue weighted by atomic mass is 10.1. The molecule has 0 fully saturated rings. The van der Waals surface area contributed by atoms with Crippen molar-refractivity contribution in [3.05, 3.63) is 40.2 Å². The standard InChI is InChI=1S/C16H20N2O3S/c1-11-14(16(20)17-7-5-13(19)9-21-2)3-4-15(18-11)12-6-8-22-10-12/h3-4,6,8,10,13,19H,5,7,9H2,1-2H3,(H,17,20). The van der Waals surface area contributed by atoms with Crippen LogP contribution < -0.4 is 5.32 Å². The topological polar surface area (TPSA) is 71.5 Å². The summed E-state index contributed by atoms with van der Waals surface area (Å²) in [5, 5.41) is 16.4. The summed E-state index contributed by atoms with van der Waals surface area (Å²) >= 11 is 1.62. The van der Waals surface area contributed by atoms with Crippen LogP contribution in [0.2, 0.25) is 0 Å². The number of aliphatic hydroxyl groups is 1. The second-order valence-electron chi connectivity index (χ2n) is 5.00. The van der Waals surface area contributed by atoms with E-state index < -0.39 is 6.10 Å². The Balaban J connectivity index is 1.96. The van der Waals surface area contributed by atoms with Crippen LogP contribution in [0.5, 0.6) is 0 Å². The van der Waals surface area contributed by atoms with Crippen molar-refractivity contribution in [2.24, 2.45) is 0 Å². The Morgan fingerprint density at radius 2 is 2.27 bits per heavy atom. The van der Waals surface area contributed by atoms with Crippen molar-refractivity contribution in [3.63, 3.8) is 0 Å². The number of aromatic nitrogens is 1. The molecule has 0 radical (unpaired) electrons. The normalized spacial score (nSPS) is 12.1. The van der Waals surface area contributed by atoms with Crippen molar-refractivity contribution in [1.82, 2.24) is 10.3 Å². The van der Waals surface area contributed by atoms with Gasteiger partial charge in [-0.05, 0) is 36.9 Å². The number of methoxy groups -OCH3 is 1. The van der Waals surface area contributed by atoms with Gasteiger partial charge < -0.3 is 15.2 Å². The molecular weight excluding hydrogens is 300 g/mol. The van der Waals surface area contributed by atoms with Crippen LogP contribution in [0.15, 0.2) is 29.0 Å². The van der Waals surface area contributed by atoms with Crippen LogP contribution in [0.1, 0.15) is 22.5 Å². The second-order valence-corrected chi connectivity index (χ2v) is 5.78. The molecule has 2 aromatic rings. The van der Waals surface area contributed by atoms with Gasteiger partial charge in [0.1, 0.15) is 0 Å². The van der Waals surface area contributed by atoms with Crippen LogP contribution >= 0.6 is 11.3 Å². The molecule has 0 aliphatic heterocycles. The second kappa shape index (κ2) is 8.03. The Hall–Kier alpha value is -1.76. The molecule has 0 spiro atoms. The van der Waals surface area contributed by atoms with Crippen LogP contribution in [-0.4, -0.2) is 42.4 Å². The number of pyridine rings is 1. The summed E-state index contributed by atoms with van der Waals surface area (Å²) in [6.07, 6.45) is -0.107. The molecule has 1 amide bonds. The van der Waals surface area contributed by atoms with Gasteiger partial charge in [-0.2, -0.15) is 11.3 Å². The zero-order valence-electron chi connectivity index (χ0n) is 12.7. The molecule has 118 valence electrons. The molecule has 0 aliphatic rings. The maximum Gasteiger partial charge on any atom is 0.253 e. The highest BCUT2D eigenvalue weighted by Crippen LogP contribution is 2.21. The van der Waals surface area contributed by atoms with Crippen LogP contribution in [0.4, 0.5) is 0 Å². The molecule has 0 aliphatic carbocycles. The van der Waals surface area contributed by atoms with E-state index in [0.717, 1.165) is 11.3 Å². The van der Waals surface area contributed by atoms with E-state index in [9.17, 15) is 9.90 Å². The Morgan fingerprint density at radius 1 is 1.45 bits per heavy atom. The SMILES string of the molecule is COCC(O)CCNC(=O)c1ccc(-c2ccsc2)nc1C. The number of nitrogens with zero attached hydrogens (tertiary/aromatic N) is 1. The molecular formula is C16H20N2O3S. The van der Waals surface area contributed by atoms with E-state index in [1.54, 1.807) is 17.4 Å². The maximum absolute atomic E-state index is 12.1. The first-order valence-electron chi connectivity index (χ1n) is 7.07. The number of aliphatic hydroxyl groups excluding tert-OH is 1. The summed E-state index contributed by atoms with van der Waals surface area (Å²) in [5.74, 6) is -0.175. The van der Waals surface area contributed by atoms with Crippen LogP contribution in [0, 0.1) is 6.92 Å². The average molecular weight is 320 g/mol. The van der Waals surface area contributed by atoms with Crippen molar-refractivity contribution in [3.8, 4) is 11.3 Å². The number of aryl methyl sites for hydroxylation is 1. The minimum Gasteiger partial charge on any atom is -0.391 e. The third-order valence-corrected chi connectivity index (χ3v) is 3.95. The van der Waals surface area contributed by atoms with Crippen molar-refractivity contribution in [2.45, 2.75) is 19.4 Å². The van der Waals surface area contributed by atoms with E-state index >= 15 is 0 Å². The first kappa shape index (κ1) is 16.6. The predicted octanol–water partition coefficient (Wildman–Crippen LogP) is 2.25. The molecule has 0 saturated carbocycles. The summed E-state index contributed by atoms with van der Waals surface area (Å²) in [6.45, 7) is 2.49. The Kier molecular flexibility index (Phi) is 6.06. The van der Waals surface area contributed by atoms with Gasteiger partial charge >= 0.3 is 0 Å². The highest BCUT2D eigenvalue weighted by atomic mass is 32.1. The fourth-order valence-corrected chi connectivity index (χ4v) is 2.74. The van der Waals surface area contributed by atoms with Gasteiger partial charge in [-0.15, -0.1) is 0 Å². The van der Waals surface area contributed by atoms with Crippen LogP contribution in [0.25, 0.3) is 11.3 Å². The van der Waals surface area contributed by atoms with E-state index in [4.69, 9.17) is 4.74 Å². The summed E-state index contributed by atoms with van der Waals surface area (Å²) in [7, 11) is 1.53. The van der Waals surface area contributed by atoms with Crippen LogP contribution in [-0.2, 0) is 4.74 Å².